The van der Waals surface area contributed by atoms with Crippen molar-refractivity contribution in [3.05, 3.63) is 122 Å². The van der Waals surface area contributed by atoms with Gasteiger partial charge >= 0.3 is 0 Å². The molecule has 4 aromatic carbocycles. The number of methoxy groups -OCH3 is 1. The number of carbonyl (C=O) groups is 1. The van der Waals surface area contributed by atoms with Crippen LogP contribution >= 0.6 is 31.9 Å². The van der Waals surface area contributed by atoms with Gasteiger partial charge in [0.2, 0.25) is 5.91 Å². The molecule has 0 radical (unpaired) electrons. The molecule has 1 amide bonds. The average Bonchev–Trinajstić information content (AvgIpc) is 2.96. The molecule has 0 unspecified atom stereocenters. The highest BCUT2D eigenvalue weighted by atomic mass is 79.9. The molecule has 210 valence electrons. The molecule has 7 nitrogen and oxygen atoms in total. The second kappa shape index (κ2) is 12.9. The summed E-state index contributed by atoms with van der Waals surface area (Å²) in [5, 5.41) is 12.8. The number of rotatable bonds is 9. The molecule has 2 atom stereocenters. The van der Waals surface area contributed by atoms with Crippen molar-refractivity contribution >= 4 is 53.5 Å². The van der Waals surface area contributed by atoms with E-state index in [0.717, 1.165) is 18.8 Å². The first-order valence-corrected chi connectivity index (χ1v) is 15.5. The van der Waals surface area contributed by atoms with Crippen LogP contribution in [0.2, 0.25) is 0 Å². The van der Waals surface area contributed by atoms with Crippen molar-refractivity contribution in [1.82, 2.24) is 4.31 Å². The maximum absolute atomic E-state index is 14.4. The molecular weight excluding hydrogens is 670 g/mol. The quantitative estimate of drug-likeness (QED) is 0.199. The van der Waals surface area contributed by atoms with Crippen LogP contribution in [0.1, 0.15) is 34.2 Å². The third kappa shape index (κ3) is 6.99. The fourth-order valence-corrected chi connectivity index (χ4v) is 6.85. The zero-order chi connectivity index (χ0) is 29.7. The number of nitriles is 1. The van der Waals surface area contributed by atoms with E-state index in [0.29, 0.717) is 28.1 Å². The van der Waals surface area contributed by atoms with E-state index in [1.807, 2.05) is 25.1 Å². The van der Waals surface area contributed by atoms with Crippen molar-refractivity contribution in [3.8, 4) is 11.8 Å². The Hall–Kier alpha value is -3.65. The number of hydrogen-bond acceptors (Lipinski definition) is 6. The predicted octanol–water partition coefficient (Wildman–Crippen LogP) is 7.18. The van der Waals surface area contributed by atoms with Gasteiger partial charge in [-0.1, -0.05) is 73.8 Å². The smallest absolute Gasteiger partial charge is 0.266 e. The lowest BCUT2D eigenvalue weighted by atomic mass is 9.85. The topological polar surface area (TPSA) is 99.5 Å². The van der Waals surface area contributed by atoms with Crippen LogP contribution in [0.4, 0.5) is 5.69 Å². The standard InChI is InChI=1S/C31H27Br2N3O4S/c1-20-4-14-28(15-5-20)41(38,39)36(2)31(37)29(22-10-12-27(40-3)13-11-22)30(23-8-6-21(19-34)7-9-23)35-26-17-24(32)16-25(33)18-26/h4-18,29-30,35H,1-3H3/t29-,30-/m1/s1. The van der Waals surface area contributed by atoms with Crippen LogP contribution in [0.5, 0.6) is 5.75 Å². The van der Waals surface area contributed by atoms with Gasteiger partial charge in [0.15, 0.2) is 0 Å². The molecule has 0 aliphatic heterocycles. The number of aryl methyl sites for hydroxylation is 1. The minimum absolute atomic E-state index is 0.0197. The SMILES string of the molecule is COc1ccc([C@@H](C(=O)N(C)S(=O)(=O)c2ccc(C)cc2)[C@H](Nc2cc(Br)cc(Br)c2)c2ccc(C#N)cc2)cc1. The molecule has 1 N–H and O–H groups in total. The van der Waals surface area contributed by atoms with E-state index in [1.54, 1.807) is 67.8 Å². The van der Waals surface area contributed by atoms with Gasteiger partial charge in [0.25, 0.3) is 10.0 Å². The van der Waals surface area contributed by atoms with Crippen molar-refractivity contribution in [2.75, 3.05) is 19.5 Å². The molecule has 41 heavy (non-hydrogen) atoms. The zero-order valence-electron chi connectivity index (χ0n) is 22.5. The zero-order valence-corrected chi connectivity index (χ0v) is 26.5. The number of halogens is 2. The Morgan fingerprint density at radius 3 is 2.00 bits per heavy atom. The summed E-state index contributed by atoms with van der Waals surface area (Å²) < 4.78 is 35.0. The van der Waals surface area contributed by atoms with E-state index in [4.69, 9.17) is 4.74 Å². The van der Waals surface area contributed by atoms with Crippen LogP contribution in [-0.2, 0) is 14.8 Å². The van der Waals surface area contributed by atoms with Crippen LogP contribution < -0.4 is 10.1 Å². The first-order valence-electron chi connectivity index (χ1n) is 12.5. The molecule has 0 saturated carbocycles. The first kappa shape index (κ1) is 30.3. The molecule has 0 heterocycles. The van der Waals surface area contributed by atoms with Crippen LogP contribution in [-0.4, -0.2) is 32.8 Å². The molecular formula is C31H27Br2N3O4S. The van der Waals surface area contributed by atoms with Gasteiger partial charge in [-0.2, -0.15) is 5.26 Å². The van der Waals surface area contributed by atoms with Gasteiger partial charge in [-0.05, 0) is 72.6 Å². The molecule has 0 bridgehead atoms. The van der Waals surface area contributed by atoms with Gasteiger partial charge in [0.05, 0.1) is 35.6 Å². The van der Waals surface area contributed by atoms with E-state index < -0.39 is 27.9 Å². The van der Waals surface area contributed by atoms with Crippen molar-refractivity contribution in [2.45, 2.75) is 23.8 Å². The number of anilines is 1. The third-order valence-electron chi connectivity index (χ3n) is 6.65. The highest BCUT2D eigenvalue weighted by Crippen LogP contribution is 2.38. The maximum Gasteiger partial charge on any atom is 0.266 e. The number of sulfonamides is 1. The number of benzene rings is 4. The Bertz CT molecular complexity index is 1670. The summed E-state index contributed by atoms with van der Waals surface area (Å²) in [6, 6.07) is 27.2. The van der Waals surface area contributed by atoms with Crippen molar-refractivity contribution in [3.63, 3.8) is 0 Å². The largest absolute Gasteiger partial charge is 0.497 e. The van der Waals surface area contributed by atoms with E-state index >= 15 is 0 Å². The highest BCUT2D eigenvalue weighted by Gasteiger charge is 2.38. The number of amides is 1. The van der Waals surface area contributed by atoms with Gasteiger partial charge in [-0.15, -0.1) is 0 Å². The molecule has 0 aromatic heterocycles. The van der Waals surface area contributed by atoms with Gasteiger partial charge < -0.3 is 10.1 Å². The fraction of sp³-hybridized carbons (Fsp3) is 0.161. The van der Waals surface area contributed by atoms with Crippen LogP contribution in [0.15, 0.2) is 105 Å². The Balaban J connectivity index is 1.88. The molecule has 0 aliphatic rings. The number of likely N-dealkylation sites (N-methyl/N-ethyl adjacent to an activating group) is 1. The normalized spacial score (nSPS) is 12.6. The van der Waals surface area contributed by atoms with E-state index in [2.05, 4.69) is 43.2 Å². The highest BCUT2D eigenvalue weighted by molar-refractivity contribution is 9.11. The summed E-state index contributed by atoms with van der Waals surface area (Å²) in [6.45, 7) is 1.86. The number of nitrogens with zero attached hydrogens (tertiary/aromatic N) is 2. The molecule has 0 aliphatic carbocycles. The van der Waals surface area contributed by atoms with Crippen LogP contribution in [0.3, 0.4) is 0 Å². The minimum Gasteiger partial charge on any atom is -0.497 e. The Kier molecular flexibility index (Phi) is 9.53. The van der Waals surface area contributed by atoms with Gasteiger partial charge in [0, 0.05) is 21.7 Å². The first-order chi connectivity index (χ1) is 19.5. The molecule has 4 aromatic rings. The Morgan fingerprint density at radius 1 is 0.902 bits per heavy atom. The number of nitrogens with one attached hydrogen (secondary N) is 1. The summed E-state index contributed by atoms with van der Waals surface area (Å²) in [5.41, 5.74) is 3.33. The number of ether oxygens (including phenoxy) is 1. The van der Waals surface area contributed by atoms with Crippen LogP contribution in [0, 0.1) is 18.3 Å². The summed E-state index contributed by atoms with van der Waals surface area (Å²) >= 11 is 7.02. The summed E-state index contributed by atoms with van der Waals surface area (Å²) in [7, 11) is -1.34. The Morgan fingerprint density at radius 2 is 1.46 bits per heavy atom. The van der Waals surface area contributed by atoms with E-state index in [-0.39, 0.29) is 4.90 Å². The molecule has 10 heteroatoms. The maximum atomic E-state index is 14.4. The van der Waals surface area contributed by atoms with Crippen molar-refractivity contribution in [1.29, 1.82) is 5.26 Å². The van der Waals surface area contributed by atoms with E-state index in [1.165, 1.54) is 19.2 Å². The second-order valence-electron chi connectivity index (χ2n) is 9.39. The lowest BCUT2D eigenvalue weighted by molar-refractivity contribution is -0.127. The van der Waals surface area contributed by atoms with Gasteiger partial charge in [0.1, 0.15) is 5.75 Å². The number of hydrogen-bond donors (Lipinski definition) is 1. The minimum atomic E-state index is -4.16. The third-order valence-corrected chi connectivity index (χ3v) is 9.33. The average molecular weight is 697 g/mol. The number of carbonyl (C=O) groups excluding carboxylic acids is 1. The van der Waals surface area contributed by atoms with Gasteiger partial charge in [-0.25, -0.2) is 12.7 Å². The molecule has 0 spiro atoms. The van der Waals surface area contributed by atoms with Crippen molar-refractivity contribution < 1.29 is 17.9 Å². The van der Waals surface area contributed by atoms with Crippen molar-refractivity contribution in [2.24, 2.45) is 0 Å². The molecule has 4 rings (SSSR count). The summed E-state index contributed by atoms with van der Waals surface area (Å²) in [5.74, 6) is -1.03. The second-order valence-corrected chi connectivity index (χ2v) is 13.2. The lowest BCUT2D eigenvalue weighted by Gasteiger charge is -2.32. The monoisotopic (exact) mass is 695 g/mol. The predicted molar refractivity (Wildman–Crippen MR) is 166 cm³/mol. The summed E-state index contributed by atoms with van der Waals surface area (Å²) in [4.78, 5) is 14.4. The van der Waals surface area contributed by atoms with Gasteiger partial charge in [-0.3, -0.25) is 4.79 Å². The lowest BCUT2D eigenvalue weighted by Crippen LogP contribution is -2.40. The Labute approximate surface area is 257 Å². The molecule has 0 fully saturated rings. The summed E-state index contributed by atoms with van der Waals surface area (Å²) in [6.07, 6.45) is 0. The molecule has 0 saturated heterocycles. The van der Waals surface area contributed by atoms with E-state index in [9.17, 15) is 18.5 Å². The fourth-order valence-electron chi connectivity index (χ4n) is 4.41. The van der Waals surface area contributed by atoms with Crippen LogP contribution in [0.25, 0.3) is 0 Å².